The van der Waals surface area contributed by atoms with Gasteiger partial charge in [0.2, 0.25) is 10.0 Å². The minimum atomic E-state index is -3.10. The highest BCUT2D eigenvalue weighted by Crippen LogP contribution is 2.07. The van der Waals surface area contributed by atoms with E-state index in [1.807, 2.05) is 25.9 Å². The lowest BCUT2D eigenvalue weighted by molar-refractivity contribution is 0.329. The van der Waals surface area contributed by atoms with Crippen LogP contribution in [0.1, 0.15) is 33.6 Å². The summed E-state index contributed by atoms with van der Waals surface area (Å²) in [5, 5.41) is 0. The average molecular weight is 250 g/mol. The minimum absolute atomic E-state index is 0.0200. The van der Waals surface area contributed by atoms with E-state index in [1.165, 1.54) is 0 Å². The van der Waals surface area contributed by atoms with E-state index in [0.717, 1.165) is 13.0 Å². The van der Waals surface area contributed by atoms with Crippen LogP contribution in [0.2, 0.25) is 0 Å². The van der Waals surface area contributed by atoms with Crippen LogP contribution in [0, 0.1) is 5.92 Å². The summed E-state index contributed by atoms with van der Waals surface area (Å²) < 4.78 is 26.1. The van der Waals surface area contributed by atoms with Crippen LogP contribution in [0.15, 0.2) is 0 Å². The average Bonchev–Trinajstić information content (AvgIpc) is 1.98. The Labute approximate surface area is 100 Å². The number of hydrogen-bond donors (Lipinski definition) is 1. The number of hydrogen-bond acceptors (Lipinski definition) is 3. The number of rotatable bonds is 8. The molecule has 0 saturated carbocycles. The number of sulfonamides is 1. The van der Waals surface area contributed by atoms with Gasteiger partial charge in [0.05, 0.1) is 5.75 Å². The fourth-order valence-electron chi connectivity index (χ4n) is 1.75. The molecule has 0 radical (unpaired) electrons. The summed E-state index contributed by atoms with van der Waals surface area (Å²) in [6.07, 6.45) is 1.53. The van der Waals surface area contributed by atoms with Crippen LogP contribution in [-0.2, 0) is 10.0 Å². The highest BCUT2D eigenvalue weighted by atomic mass is 32.2. The fraction of sp³-hybridized carbons (Fsp3) is 1.00. The molecular weight excluding hydrogens is 224 g/mol. The minimum Gasteiger partial charge on any atom is -0.308 e. The molecule has 0 aromatic carbocycles. The molecular formula is C11H26N2O2S. The topological polar surface area (TPSA) is 49.4 Å². The Balaban J connectivity index is 4.41. The highest BCUT2D eigenvalue weighted by Gasteiger charge is 2.18. The summed E-state index contributed by atoms with van der Waals surface area (Å²) in [6.45, 7) is 6.84. The fourth-order valence-corrected chi connectivity index (χ4v) is 3.09. The van der Waals surface area contributed by atoms with Gasteiger partial charge in [-0.1, -0.05) is 20.8 Å². The lowest BCUT2D eigenvalue weighted by Crippen LogP contribution is -2.43. The Hall–Kier alpha value is -0.130. The molecule has 0 bridgehead atoms. The molecule has 1 N–H and O–H groups in total. The van der Waals surface area contributed by atoms with E-state index >= 15 is 0 Å². The molecule has 16 heavy (non-hydrogen) atoms. The van der Waals surface area contributed by atoms with Crippen LogP contribution in [0.4, 0.5) is 0 Å². The van der Waals surface area contributed by atoms with Gasteiger partial charge in [0, 0.05) is 12.6 Å². The Morgan fingerprint density at radius 2 is 1.81 bits per heavy atom. The maximum atomic E-state index is 11.7. The first-order valence-electron chi connectivity index (χ1n) is 5.91. The summed E-state index contributed by atoms with van der Waals surface area (Å²) in [6, 6.07) is 0.0200. The van der Waals surface area contributed by atoms with Crippen molar-refractivity contribution in [3.05, 3.63) is 0 Å². The predicted octanol–water partition coefficient (Wildman–Crippen LogP) is 1.29. The Kier molecular flexibility index (Phi) is 7.19. The number of nitrogens with zero attached hydrogens (tertiary/aromatic N) is 1. The van der Waals surface area contributed by atoms with Crippen LogP contribution in [0.3, 0.4) is 0 Å². The van der Waals surface area contributed by atoms with Crippen molar-refractivity contribution in [2.45, 2.75) is 39.7 Å². The molecule has 4 nitrogen and oxygen atoms in total. The molecule has 0 amide bonds. The van der Waals surface area contributed by atoms with Crippen molar-refractivity contribution >= 4 is 10.0 Å². The van der Waals surface area contributed by atoms with Gasteiger partial charge in [-0.3, -0.25) is 0 Å². The maximum absolute atomic E-state index is 11.7. The Bertz CT molecular complexity index is 264. The first kappa shape index (κ1) is 15.9. The largest absolute Gasteiger partial charge is 0.308 e. The standard InChI is InChI=1S/C11H26N2O2S/c1-6-7-16(14,15)12-11(8-10(2)3)9-13(4)5/h10-12H,6-9H2,1-5H3. The smallest absolute Gasteiger partial charge is 0.211 e. The van der Waals surface area contributed by atoms with Crippen molar-refractivity contribution in [1.29, 1.82) is 0 Å². The zero-order chi connectivity index (χ0) is 12.8. The molecule has 0 heterocycles. The molecule has 0 saturated heterocycles. The van der Waals surface area contributed by atoms with Crippen molar-refractivity contribution < 1.29 is 8.42 Å². The van der Waals surface area contributed by atoms with Gasteiger partial charge in [0.1, 0.15) is 0 Å². The van der Waals surface area contributed by atoms with Crippen LogP contribution in [0.25, 0.3) is 0 Å². The predicted molar refractivity (Wildman–Crippen MR) is 69.0 cm³/mol. The quantitative estimate of drug-likeness (QED) is 0.706. The number of nitrogens with one attached hydrogen (secondary N) is 1. The summed E-state index contributed by atoms with van der Waals surface area (Å²) in [7, 11) is 0.821. The molecule has 0 aliphatic rings. The lowest BCUT2D eigenvalue weighted by Gasteiger charge is -2.23. The van der Waals surface area contributed by atoms with Crippen molar-refractivity contribution in [3.63, 3.8) is 0 Å². The van der Waals surface area contributed by atoms with Crippen LogP contribution >= 0.6 is 0 Å². The molecule has 0 rings (SSSR count). The molecule has 1 unspecified atom stereocenters. The second-order valence-corrected chi connectivity index (χ2v) is 6.90. The van der Waals surface area contributed by atoms with Gasteiger partial charge < -0.3 is 4.90 Å². The van der Waals surface area contributed by atoms with E-state index in [1.54, 1.807) is 0 Å². The first-order chi connectivity index (χ1) is 7.26. The molecule has 0 spiro atoms. The normalized spacial score (nSPS) is 14.7. The SMILES string of the molecule is CCCS(=O)(=O)NC(CC(C)C)CN(C)C. The summed E-state index contributed by atoms with van der Waals surface area (Å²) >= 11 is 0. The van der Waals surface area contributed by atoms with Gasteiger partial charge in [-0.25, -0.2) is 13.1 Å². The van der Waals surface area contributed by atoms with E-state index in [0.29, 0.717) is 12.3 Å². The van der Waals surface area contributed by atoms with E-state index in [-0.39, 0.29) is 11.8 Å². The van der Waals surface area contributed by atoms with Gasteiger partial charge in [-0.15, -0.1) is 0 Å². The third-order valence-corrected chi connectivity index (χ3v) is 3.80. The molecule has 0 aromatic heterocycles. The van der Waals surface area contributed by atoms with E-state index in [2.05, 4.69) is 18.6 Å². The highest BCUT2D eigenvalue weighted by molar-refractivity contribution is 7.89. The van der Waals surface area contributed by atoms with Gasteiger partial charge in [0.25, 0.3) is 0 Å². The monoisotopic (exact) mass is 250 g/mol. The molecule has 1 atom stereocenters. The zero-order valence-electron chi connectivity index (χ0n) is 11.2. The molecule has 0 aromatic rings. The summed E-state index contributed by atoms with van der Waals surface area (Å²) in [5.41, 5.74) is 0. The van der Waals surface area contributed by atoms with Crippen LogP contribution < -0.4 is 4.72 Å². The van der Waals surface area contributed by atoms with Crippen molar-refractivity contribution in [2.75, 3.05) is 26.4 Å². The summed E-state index contributed by atoms with van der Waals surface area (Å²) in [4.78, 5) is 2.02. The van der Waals surface area contributed by atoms with Crippen molar-refractivity contribution in [2.24, 2.45) is 5.92 Å². The third kappa shape index (κ3) is 8.07. The van der Waals surface area contributed by atoms with Crippen molar-refractivity contribution in [3.8, 4) is 0 Å². The molecule has 0 aliphatic carbocycles. The molecule has 0 fully saturated rings. The first-order valence-corrected chi connectivity index (χ1v) is 7.56. The van der Waals surface area contributed by atoms with Gasteiger partial charge in [0.15, 0.2) is 0 Å². The number of likely N-dealkylation sites (N-methyl/N-ethyl adjacent to an activating group) is 1. The van der Waals surface area contributed by atoms with Gasteiger partial charge >= 0.3 is 0 Å². The van der Waals surface area contributed by atoms with Gasteiger partial charge in [-0.2, -0.15) is 0 Å². The van der Waals surface area contributed by atoms with E-state index in [9.17, 15) is 8.42 Å². The summed E-state index contributed by atoms with van der Waals surface area (Å²) in [5.74, 6) is 0.712. The maximum Gasteiger partial charge on any atom is 0.211 e. The molecule has 0 aliphatic heterocycles. The Morgan fingerprint density at radius 3 is 2.19 bits per heavy atom. The van der Waals surface area contributed by atoms with Crippen LogP contribution in [0.5, 0.6) is 0 Å². The van der Waals surface area contributed by atoms with Crippen molar-refractivity contribution in [1.82, 2.24) is 9.62 Å². The zero-order valence-corrected chi connectivity index (χ0v) is 12.0. The third-order valence-electron chi connectivity index (χ3n) is 2.16. The molecule has 5 heteroatoms. The second-order valence-electron chi connectivity index (χ2n) is 5.03. The second kappa shape index (κ2) is 7.25. The van der Waals surface area contributed by atoms with Crippen LogP contribution in [-0.4, -0.2) is 45.8 Å². The Morgan fingerprint density at radius 1 is 1.25 bits per heavy atom. The van der Waals surface area contributed by atoms with E-state index < -0.39 is 10.0 Å². The van der Waals surface area contributed by atoms with Gasteiger partial charge in [-0.05, 0) is 32.9 Å². The van der Waals surface area contributed by atoms with E-state index in [4.69, 9.17) is 0 Å². The lowest BCUT2D eigenvalue weighted by atomic mass is 10.0. The molecule has 98 valence electrons.